The van der Waals surface area contributed by atoms with E-state index in [1.54, 1.807) is 47.4 Å². The number of rotatable bonds is 3. The number of benzene rings is 2. The lowest BCUT2D eigenvalue weighted by molar-refractivity contribution is -0.125. The van der Waals surface area contributed by atoms with Crippen LogP contribution in [0.2, 0.25) is 0 Å². The van der Waals surface area contributed by atoms with E-state index >= 15 is 0 Å². The van der Waals surface area contributed by atoms with Crippen LogP contribution in [-0.4, -0.2) is 33.0 Å². The number of anilines is 1. The summed E-state index contributed by atoms with van der Waals surface area (Å²) in [5.74, 6) is -0.836. The van der Waals surface area contributed by atoms with E-state index in [9.17, 15) is 9.59 Å². The summed E-state index contributed by atoms with van der Waals surface area (Å²) < 4.78 is 6.86. The number of cyclic esters (lactones) is 1. The van der Waals surface area contributed by atoms with Crippen molar-refractivity contribution >= 4 is 17.6 Å². The number of nitrogens with zero attached hydrogens (tertiary/aromatic N) is 3. The molecule has 1 aliphatic heterocycles. The molecule has 124 valence electrons. The highest BCUT2D eigenvalue weighted by molar-refractivity contribution is 6.00. The number of hydrogen-bond acceptors (Lipinski definition) is 5. The second-order valence-electron chi connectivity index (χ2n) is 5.64. The molecule has 1 atom stereocenters. The van der Waals surface area contributed by atoms with E-state index in [1.165, 1.54) is 0 Å². The monoisotopic (exact) mass is 334 g/mol. The normalized spacial score (nSPS) is 16.0. The van der Waals surface area contributed by atoms with Crippen LogP contribution < -0.4 is 5.32 Å². The van der Waals surface area contributed by atoms with E-state index in [1.807, 2.05) is 18.2 Å². The van der Waals surface area contributed by atoms with Crippen molar-refractivity contribution < 1.29 is 14.3 Å². The molecule has 0 aliphatic carbocycles. The van der Waals surface area contributed by atoms with Gasteiger partial charge >= 0.3 is 5.97 Å². The Bertz CT molecular complexity index is 937. The largest absolute Gasteiger partial charge is 0.448 e. The maximum atomic E-state index is 12.5. The average molecular weight is 334 g/mol. The standard InChI is InChI=1S/C18H14N4O3/c23-17(16-10-12-4-1-2-7-15(12)18(24)25-16)20-13-5-3-6-14(11-13)22-9-8-19-21-22/h1-9,11,16H,10H2,(H,20,23)/t16-/m1/s1. The average Bonchev–Trinajstić information content (AvgIpc) is 3.17. The van der Waals surface area contributed by atoms with Gasteiger partial charge in [0.15, 0.2) is 6.10 Å². The maximum Gasteiger partial charge on any atom is 0.339 e. The molecule has 1 N–H and O–H groups in total. The molecule has 0 spiro atoms. The van der Waals surface area contributed by atoms with Crippen LogP contribution in [0, 0.1) is 0 Å². The van der Waals surface area contributed by atoms with Crippen molar-refractivity contribution in [3.05, 3.63) is 72.1 Å². The molecule has 1 aromatic heterocycles. The van der Waals surface area contributed by atoms with Crippen molar-refractivity contribution in [3.8, 4) is 5.69 Å². The fourth-order valence-electron chi connectivity index (χ4n) is 2.77. The Labute approximate surface area is 143 Å². The van der Waals surface area contributed by atoms with Crippen molar-refractivity contribution in [1.29, 1.82) is 0 Å². The minimum atomic E-state index is -0.850. The summed E-state index contributed by atoms with van der Waals surface area (Å²) in [5.41, 5.74) is 2.68. The summed E-state index contributed by atoms with van der Waals surface area (Å²) in [6.45, 7) is 0. The van der Waals surface area contributed by atoms with E-state index in [2.05, 4.69) is 15.6 Å². The Morgan fingerprint density at radius 2 is 2.08 bits per heavy atom. The molecule has 2 heterocycles. The Kier molecular flexibility index (Phi) is 3.74. The zero-order valence-corrected chi connectivity index (χ0v) is 13.1. The summed E-state index contributed by atoms with van der Waals surface area (Å²) in [7, 11) is 0. The number of hydrogen-bond donors (Lipinski definition) is 1. The summed E-state index contributed by atoms with van der Waals surface area (Å²) in [6.07, 6.45) is 2.79. The second kappa shape index (κ2) is 6.20. The van der Waals surface area contributed by atoms with Gasteiger partial charge in [0.1, 0.15) is 0 Å². The van der Waals surface area contributed by atoms with Gasteiger partial charge in [0.05, 0.1) is 23.6 Å². The fourth-order valence-corrected chi connectivity index (χ4v) is 2.77. The van der Waals surface area contributed by atoms with Crippen molar-refractivity contribution in [2.45, 2.75) is 12.5 Å². The Hall–Kier alpha value is -3.48. The molecular formula is C18H14N4O3. The number of esters is 1. The quantitative estimate of drug-likeness (QED) is 0.740. The van der Waals surface area contributed by atoms with Gasteiger partial charge in [0.25, 0.3) is 5.91 Å². The fraction of sp³-hybridized carbons (Fsp3) is 0.111. The Balaban J connectivity index is 1.52. The van der Waals surface area contributed by atoms with Crippen molar-refractivity contribution in [1.82, 2.24) is 15.0 Å². The summed E-state index contributed by atoms with van der Waals surface area (Å²) in [5, 5.41) is 10.5. The molecule has 25 heavy (non-hydrogen) atoms. The van der Waals surface area contributed by atoms with Crippen LogP contribution in [0.3, 0.4) is 0 Å². The van der Waals surface area contributed by atoms with Crippen molar-refractivity contribution in [2.24, 2.45) is 0 Å². The summed E-state index contributed by atoms with van der Waals surface area (Å²) in [4.78, 5) is 24.5. The molecule has 0 saturated carbocycles. The zero-order chi connectivity index (χ0) is 17.2. The molecule has 0 radical (unpaired) electrons. The van der Waals surface area contributed by atoms with Gasteiger partial charge in [-0.3, -0.25) is 4.79 Å². The number of amides is 1. The molecule has 4 rings (SSSR count). The molecule has 0 unspecified atom stereocenters. The number of aromatic nitrogens is 3. The third kappa shape index (κ3) is 2.99. The second-order valence-corrected chi connectivity index (χ2v) is 5.64. The van der Waals surface area contributed by atoms with Crippen LogP contribution in [0.25, 0.3) is 5.69 Å². The van der Waals surface area contributed by atoms with Crippen molar-refractivity contribution in [3.63, 3.8) is 0 Å². The molecular weight excluding hydrogens is 320 g/mol. The number of carbonyl (C=O) groups excluding carboxylic acids is 2. The van der Waals surface area contributed by atoms with Gasteiger partial charge in [0.2, 0.25) is 0 Å². The SMILES string of the molecule is O=C1O[C@@H](C(=O)Nc2cccc(-n3ccnn3)c2)Cc2ccccc21. The molecule has 7 heteroatoms. The van der Waals surface area contributed by atoms with Crippen LogP contribution in [0.1, 0.15) is 15.9 Å². The number of ether oxygens (including phenoxy) is 1. The number of nitrogens with one attached hydrogen (secondary N) is 1. The summed E-state index contributed by atoms with van der Waals surface area (Å²) >= 11 is 0. The van der Waals surface area contributed by atoms with Gasteiger partial charge in [-0.25, -0.2) is 9.48 Å². The van der Waals surface area contributed by atoms with Gasteiger partial charge < -0.3 is 10.1 Å². The number of fused-ring (bicyclic) bond motifs is 1. The first-order valence-corrected chi connectivity index (χ1v) is 7.77. The van der Waals surface area contributed by atoms with E-state index in [4.69, 9.17) is 4.74 Å². The predicted octanol–water partition coefficient (Wildman–Crippen LogP) is 1.99. The van der Waals surface area contributed by atoms with E-state index < -0.39 is 12.1 Å². The van der Waals surface area contributed by atoms with E-state index in [-0.39, 0.29) is 5.91 Å². The van der Waals surface area contributed by atoms with Gasteiger partial charge in [-0.05, 0) is 29.8 Å². The smallest absolute Gasteiger partial charge is 0.339 e. The Morgan fingerprint density at radius 1 is 1.20 bits per heavy atom. The number of carbonyl (C=O) groups is 2. The molecule has 3 aromatic rings. The molecule has 1 amide bonds. The van der Waals surface area contributed by atoms with Crippen LogP contribution in [-0.2, 0) is 16.0 Å². The lowest BCUT2D eigenvalue weighted by Gasteiger charge is -2.23. The van der Waals surface area contributed by atoms with Crippen LogP contribution in [0.15, 0.2) is 60.9 Å². The lowest BCUT2D eigenvalue weighted by atomic mass is 9.98. The van der Waals surface area contributed by atoms with E-state index in [0.29, 0.717) is 17.7 Å². The molecule has 7 nitrogen and oxygen atoms in total. The minimum absolute atomic E-state index is 0.358. The van der Waals surface area contributed by atoms with Gasteiger partial charge in [-0.15, -0.1) is 5.10 Å². The van der Waals surface area contributed by atoms with E-state index in [0.717, 1.165) is 11.3 Å². The van der Waals surface area contributed by atoms with Gasteiger partial charge in [0, 0.05) is 12.1 Å². The third-order valence-electron chi connectivity index (χ3n) is 3.99. The maximum absolute atomic E-state index is 12.5. The van der Waals surface area contributed by atoms with Gasteiger partial charge in [-0.2, -0.15) is 0 Å². The van der Waals surface area contributed by atoms with Crippen LogP contribution >= 0.6 is 0 Å². The molecule has 0 bridgehead atoms. The van der Waals surface area contributed by atoms with Crippen LogP contribution in [0.5, 0.6) is 0 Å². The first-order chi connectivity index (χ1) is 12.2. The first-order valence-electron chi connectivity index (χ1n) is 7.77. The van der Waals surface area contributed by atoms with Crippen LogP contribution in [0.4, 0.5) is 5.69 Å². The molecule has 1 aliphatic rings. The molecule has 0 saturated heterocycles. The highest BCUT2D eigenvalue weighted by Gasteiger charge is 2.31. The predicted molar refractivity (Wildman–Crippen MR) is 89.3 cm³/mol. The highest BCUT2D eigenvalue weighted by atomic mass is 16.5. The molecule has 2 aromatic carbocycles. The topological polar surface area (TPSA) is 86.1 Å². The van der Waals surface area contributed by atoms with Crippen molar-refractivity contribution in [2.75, 3.05) is 5.32 Å². The minimum Gasteiger partial charge on any atom is -0.448 e. The third-order valence-corrected chi connectivity index (χ3v) is 3.99. The Morgan fingerprint density at radius 3 is 2.92 bits per heavy atom. The molecule has 0 fully saturated rings. The van der Waals surface area contributed by atoms with Gasteiger partial charge in [-0.1, -0.05) is 29.5 Å². The lowest BCUT2D eigenvalue weighted by Crippen LogP contribution is -2.37. The zero-order valence-electron chi connectivity index (χ0n) is 13.1. The summed E-state index contributed by atoms with van der Waals surface area (Å²) in [6, 6.07) is 14.3. The highest BCUT2D eigenvalue weighted by Crippen LogP contribution is 2.22. The first kappa shape index (κ1) is 15.1.